The topological polar surface area (TPSA) is 12.0 Å². The number of rotatable bonds is 5. The molecule has 1 rings (SSSR count). The van der Waals surface area contributed by atoms with E-state index in [0.29, 0.717) is 10.5 Å². The molecule has 0 saturated carbocycles. The molecule has 1 aromatic carbocycles. The summed E-state index contributed by atoms with van der Waals surface area (Å²) in [6, 6.07) is 3.78. The molecule has 0 bridgehead atoms. The van der Waals surface area contributed by atoms with Crippen LogP contribution in [0.4, 0.5) is 10.1 Å². The van der Waals surface area contributed by atoms with E-state index in [4.69, 9.17) is 0 Å². The van der Waals surface area contributed by atoms with Gasteiger partial charge in [-0.05, 0) is 66.2 Å². The Labute approximate surface area is 112 Å². The van der Waals surface area contributed by atoms with Crippen LogP contribution in [0, 0.1) is 18.7 Å². The standard InChI is InChI=1S/C14H21BrFN/c1-9(2)5-6-11(4)17-14-8-12(15)13(16)7-10(14)3/h7-9,11,17H,5-6H2,1-4H3. The van der Waals surface area contributed by atoms with Crippen LogP contribution < -0.4 is 5.32 Å². The highest BCUT2D eigenvalue weighted by Crippen LogP contribution is 2.25. The van der Waals surface area contributed by atoms with Gasteiger partial charge in [0.05, 0.1) is 4.47 Å². The number of benzene rings is 1. The van der Waals surface area contributed by atoms with Crippen molar-refractivity contribution in [2.24, 2.45) is 5.92 Å². The highest BCUT2D eigenvalue weighted by atomic mass is 79.9. The smallest absolute Gasteiger partial charge is 0.137 e. The van der Waals surface area contributed by atoms with E-state index in [2.05, 4.69) is 42.0 Å². The van der Waals surface area contributed by atoms with Gasteiger partial charge < -0.3 is 5.32 Å². The summed E-state index contributed by atoms with van der Waals surface area (Å²) in [5.41, 5.74) is 1.96. The highest BCUT2D eigenvalue weighted by Gasteiger charge is 2.08. The van der Waals surface area contributed by atoms with Crippen LogP contribution in [-0.2, 0) is 0 Å². The second-order valence-corrected chi connectivity index (χ2v) is 5.95. The first-order chi connectivity index (χ1) is 7.90. The summed E-state index contributed by atoms with van der Waals surface area (Å²) in [5.74, 6) is 0.517. The van der Waals surface area contributed by atoms with Crippen LogP contribution in [0.3, 0.4) is 0 Å². The van der Waals surface area contributed by atoms with E-state index in [9.17, 15) is 4.39 Å². The maximum atomic E-state index is 13.3. The zero-order valence-corrected chi connectivity index (χ0v) is 12.6. The summed E-state index contributed by atoms with van der Waals surface area (Å²) in [5, 5.41) is 3.44. The Balaban J connectivity index is 2.65. The van der Waals surface area contributed by atoms with Crippen molar-refractivity contribution < 1.29 is 4.39 Å². The maximum Gasteiger partial charge on any atom is 0.137 e. The molecule has 0 radical (unpaired) electrons. The van der Waals surface area contributed by atoms with Gasteiger partial charge in [-0.3, -0.25) is 0 Å². The fourth-order valence-electron chi connectivity index (χ4n) is 1.72. The normalized spacial score (nSPS) is 12.9. The molecule has 3 heteroatoms. The fraction of sp³-hybridized carbons (Fsp3) is 0.571. The Bertz CT molecular complexity index is 377. The predicted octanol–water partition coefficient (Wildman–Crippen LogP) is 5.13. The van der Waals surface area contributed by atoms with Crippen LogP contribution >= 0.6 is 15.9 Å². The molecule has 0 heterocycles. The third kappa shape index (κ3) is 4.66. The van der Waals surface area contributed by atoms with Crippen LogP contribution in [-0.4, -0.2) is 6.04 Å². The lowest BCUT2D eigenvalue weighted by Crippen LogP contribution is -2.16. The minimum atomic E-state index is -0.206. The molecular weight excluding hydrogens is 281 g/mol. The number of aryl methyl sites for hydroxylation is 1. The van der Waals surface area contributed by atoms with Crippen LogP contribution in [0.5, 0.6) is 0 Å². The first kappa shape index (κ1) is 14.5. The summed E-state index contributed by atoms with van der Waals surface area (Å²) < 4.78 is 13.8. The first-order valence-corrected chi connectivity index (χ1v) is 6.91. The van der Waals surface area contributed by atoms with Crippen molar-refractivity contribution >= 4 is 21.6 Å². The average Bonchev–Trinajstić information content (AvgIpc) is 2.23. The molecule has 0 fully saturated rings. The second kappa shape index (κ2) is 6.39. The Hall–Kier alpha value is -0.570. The SMILES string of the molecule is Cc1cc(F)c(Br)cc1NC(C)CCC(C)C. The molecule has 0 aliphatic carbocycles. The summed E-state index contributed by atoms with van der Waals surface area (Å²) in [7, 11) is 0. The largest absolute Gasteiger partial charge is 0.382 e. The second-order valence-electron chi connectivity index (χ2n) is 5.10. The third-order valence-corrected chi connectivity index (χ3v) is 3.45. The molecule has 0 spiro atoms. The van der Waals surface area contributed by atoms with Crippen LogP contribution in [0.1, 0.15) is 39.2 Å². The minimum Gasteiger partial charge on any atom is -0.382 e. The van der Waals surface area contributed by atoms with Gasteiger partial charge in [0, 0.05) is 11.7 Å². The van der Waals surface area contributed by atoms with Gasteiger partial charge in [0.1, 0.15) is 5.82 Å². The van der Waals surface area contributed by atoms with Crippen molar-refractivity contribution in [3.8, 4) is 0 Å². The molecule has 1 unspecified atom stereocenters. The number of hydrogen-bond donors (Lipinski definition) is 1. The number of hydrogen-bond acceptors (Lipinski definition) is 1. The van der Waals surface area contributed by atoms with E-state index in [1.54, 1.807) is 6.07 Å². The van der Waals surface area contributed by atoms with Crippen LogP contribution in [0.15, 0.2) is 16.6 Å². The van der Waals surface area contributed by atoms with Gasteiger partial charge in [-0.1, -0.05) is 13.8 Å². The van der Waals surface area contributed by atoms with Crippen LogP contribution in [0.25, 0.3) is 0 Å². The third-order valence-electron chi connectivity index (χ3n) is 2.85. The molecule has 1 N–H and O–H groups in total. The molecule has 17 heavy (non-hydrogen) atoms. The average molecular weight is 302 g/mol. The Morgan fingerprint density at radius 1 is 1.24 bits per heavy atom. The van der Waals surface area contributed by atoms with E-state index in [1.165, 1.54) is 6.42 Å². The molecule has 0 amide bonds. The van der Waals surface area contributed by atoms with Gasteiger partial charge >= 0.3 is 0 Å². The lowest BCUT2D eigenvalue weighted by molar-refractivity contribution is 0.527. The van der Waals surface area contributed by atoms with Gasteiger partial charge in [-0.2, -0.15) is 0 Å². The quantitative estimate of drug-likeness (QED) is 0.794. The lowest BCUT2D eigenvalue weighted by Gasteiger charge is -2.18. The van der Waals surface area contributed by atoms with Gasteiger partial charge in [0.25, 0.3) is 0 Å². The number of halogens is 2. The van der Waals surface area contributed by atoms with E-state index in [0.717, 1.165) is 23.6 Å². The number of nitrogens with one attached hydrogen (secondary N) is 1. The predicted molar refractivity (Wildman–Crippen MR) is 76.0 cm³/mol. The summed E-state index contributed by atoms with van der Waals surface area (Å²) in [4.78, 5) is 0. The molecular formula is C14H21BrFN. The van der Waals surface area contributed by atoms with Crippen LogP contribution in [0.2, 0.25) is 0 Å². The lowest BCUT2D eigenvalue weighted by atomic mass is 10.0. The molecule has 0 aromatic heterocycles. The first-order valence-electron chi connectivity index (χ1n) is 6.12. The van der Waals surface area contributed by atoms with Gasteiger partial charge in [0.2, 0.25) is 0 Å². The fourth-order valence-corrected chi connectivity index (χ4v) is 2.07. The Kier molecular flexibility index (Phi) is 5.44. The molecule has 0 aliphatic rings. The monoisotopic (exact) mass is 301 g/mol. The van der Waals surface area contributed by atoms with Gasteiger partial charge in [-0.15, -0.1) is 0 Å². The Morgan fingerprint density at radius 3 is 2.47 bits per heavy atom. The van der Waals surface area contributed by atoms with Crippen molar-refractivity contribution in [2.75, 3.05) is 5.32 Å². The molecule has 0 saturated heterocycles. The summed E-state index contributed by atoms with van der Waals surface area (Å²) >= 11 is 3.22. The van der Waals surface area contributed by atoms with Crippen molar-refractivity contribution in [2.45, 2.75) is 46.6 Å². The van der Waals surface area contributed by atoms with Crippen molar-refractivity contribution in [3.63, 3.8) is 0 Å². The van der Waals surface area contributed by atoms with E-state index in [-0.39, 0.29) is 5.82 Å². The van der Waals surface area contributed by atoms with Crippen molar-refractivity contribution in [1.29, 1.82) is 0 Å². The molecule has 0 aliphatic heterocycles. The highest BCUT2D eigenvalue weighted by molar-refractivity contribution is 9.10. The Morgan fingerprint density at radius 2 is 1.88 bits per heavy atom. The molecule has 1 nitrogen and oxygen atoms in total. The van der Waals surface area contributed by atoms with Gasteiger partial charge in [-0.25, -0.2) is 4.39 Å². The number of anilines is 1. The van der Waals surface area contributed by atoms with E-state index < -0.39 is 0 Å². The molecule has 1 aromatic rings. The zero-order valence-electron chi connectivity index (χ0n) is 11.0. The summed E-state index contributed by atoms with van der Waals surface area (Å²) in [6.07, 6.45) is 2.34. The van der Waals surface area contributed by atoms with E-state index in [1.807, 2.05) is 13.0 Å². The molecule has 1 atom stereocenters. The maximum absolute atomic E-state index is 13.3. The zero-order chi connectivity index (χ0) is 13.0. The van der Waals surface area contributed by atoms with Crippen molar-refractivity contribution in [3.05, 3.63) is 28.0 Å². The summed E-state index contributed by atoms with van der Waals surface area (Å²) in [6.45, 7) is 8.55. The molecule has 96 valence electrons. The van der Waals surface area contributed by atoms with Crippen molar-refractivity contribution in [1.82, 2.24) is 0 Å². The minimum absolute atomic E-state index is 0.206. The van der Waals surface area contributed by atoms with E-state index >= 15 is 0 Å². The van der Waals surface area contributed by atoms with Gasteiger partial charge in [0.15, 0.2) is 0 Å².